The highest BCUT2D eigenvalue weighted by atomic mass is 28.4. The van der Waals surface area contributed by atoms with E-state index in [1.807, 2.05) is 13.8 Å². The van der Waals surface area contributed by atoms with Crippen LogP contribution in [0.4, 0.5) is 0 Å². The summed E-state index contributed by atoms with van der Waals surface area (Å²) in [6, 6.07) is 21.6. The van der Waals surface area contributed by atoms with Crippen molar-refractivity contribution in [2.45, 2.75) is 71.8 Å². The van der Waals surface area contributed by atoms with E-state index in [0.717, 1.165) is 13.0 Å². The fraction of sp³-hybridized carbons (Fsp3) is 0.538. The molecule has 3 nitrogen and oxygen atoms in total. The van der Waals surface area contributed by atoms with Gasteiger partial charge in [0.15, 0.2) is 5.79 Å². The Morgan fingerprint density at radius 2 is 1.40 bits per heavy atom. The molecule has 0 spiro atoms. The van der Waals surface area contributed by atoms with E-state index >= 15 is 0 Å². The van der Waals surface area contributed by atoms with Crippen LogP contribution in [0, 0.1) is 5.41 Å². The van der Waals surface area contributed by atoms with Gasteiger partial charge in [-0.2, -0.15) is 0 Å². The lowest BCUT2D eigenvalue weighted by atomic mass is 9.85. The third-order valence-corrected chi connectivity index (χ3v) is 11.2. The number of benzene rings is 2. The molecule has 0 radical (unpaired) electrons. The Bertz CT molecular complexity index is 770. The van der Waals surface area contributed by atoms with Crippen LogP contribution in [0.25, 0.3) is 0 Å². The van der Waals surface area contributed by atoms with Crippen LogP contribution in [0.3, 0.4) is 0 Å². The molecule has 1 saturated heterocycles. The lowest BCUT2D eigenvalue weighted by Crippen LogP contribution is -2.67. The van der Waals surface area contributed by atoms with Gasteiger partial charge in [0, 0.05) is 12.0 Å². The van der Waals surface area contributed by atoms with Crippen LogP contribution in [-0.4, -0.2) is 33.4 Å². The molecule has 164 valence electrons. The molecule has 0 aliphatic carbocycles. The maximum Gasteiger partial charge on any atom is 0.261 e. The standard InChI is InChI=1S/C26H38O3Si/c1-24(2,3)30(21-14-10-8-11-15-21,22-16-12-9-13-17-22)28-20-25(4,5)23-18-19-27-26(6,7)29-23/h8-17,23H,18-20H2,1-7H3/t23-/m0/s1. The van der Waals surface area contributed by atoms with Crippen molar-refractivity contribution in [2.75, 3.05) is 13.2 Å². The highest BCUT2D eigenvalue weighted by Crippen LogP contribution is 2.40. The monoisotopic (exact) mass is 426 g/mol. The fourth-order valence-electron chi connectivity index (χ4n) is 4.55. The lowest BCUT2D eigenvalue weighted by molar-refractivity contribution is -0.293. The van der Waals surface area contributed by atoms with E-state index < -0.39 is 14.1 Å². The number of hydrogen-bond donors (Lipinski definition) is 0. The van der Waals surface area contributed by atoms with Crippen molar-refractivity contribution in [3.05, 3.63) is 60.7 Å². The molecule has 2 aromatic rings. The molecule has 1 fully saturated rings. The van der Waals surface area contributed by atoms with E-state index in [0.29, 0.717) is 6.61 Å². The van der Waals surface area contributed by atoms with Crippen LogP contribution in [0.2, 0.25) is 5.04 Å². The summed E-state index contributed by atoms with van der Waals surface area (Å²) >= 11 is 0. The summed E-state index contributed by atoms with van der Waals surface area (Å²) in [7, 11) is -2.55. The van der Waals surface area contributed by atoms with Gasteiger partial charge < -0.3 is 13.9 Å². The second kappa shape index (κ2) is 8.58. The fourth-order valence-corrected chi connectivity index (χ4v) is 9.29. The molecule has 1 aliphatic heterocycles. The van der Waals surface area contributed by atoms with Gasteiger partial charge in [-0.05, 0) is 35.7 Å². The first-order chi connectivity index (χ1) is 14.0. The van der Waals surface area contributed by atoms with Gasteiger partial charge in [-0.3, -0.25) is 0 Å². The molecule has 3 rings (SSSR count). The summed E-state index contributed by atoms with van der Waals surface area (Å²) in [6.07, 6.45) is 0.986. The topological polar surface area (TPSA) is 27.7 Å². The van der Waals surface area contributed by atoms with Crippen molar-refractivity contribution in [1.82, 2.24) is 0 Å². The minimum Gasteiger partial charge on any atom is -0.407 e. The lowest BCUT2D eigenvalue weighted by Gasteiger charge is -2.47. The van der Waals surface area contributed by atoms with Crippen LogP contribution in [-0.2, 0) is 13.9 Å². The average Bonchev–Trinajstić information content (AvgIpc) is 2.68. The van der Waals surface area contributed by atoms with Crippen molar-refractivity contribution in [3.8, 4) is 0 Å². The summed E-state index contributed by atoms with van der Waals surface area (Å²) in [5.41, 5.74) is -0.131. The molecular weight excluding hydrogens is 388 g/mol. The largest absolute Gasteiger partial charge is 0.407 e. The molecule has 30 heavy (non-hydrogen) atoms. The normalized spacial score (nSPS) is 20.2. The van der Waals surface area contributed by atoms with Gasteiger partial charge in [0.25, 0.3) is 8.32 Å². The quantitative estimate of drug-likeness (QED) is 0.599. The summed E-state index contributed by atoms with van der Waals surface area (Å²) in [5, 5.41) is 2.60. The van der Waals surface area contributed by atoms with Crippen molar-refractivity contribution in [1.29, 1.82) is 0 Å². The first-order valence-corrected chi connectivity index (χ1v) is 13.0. The molecule has 1 aliphatic rings. The Balaban J connectivity index is 1.99. The zero-order chi connectivity index (χ0) is 22.0. The Labute approximate surface area is 183 Å². The highest BCUT2D eigenvalue weighted by Gasteiger charge is 2.51. The maximum absolute atomic E-state index is 7.17. The Morgan fingerprint density at radius 3 is 1.83 bits per heavy atom. The summed E-state index contributed by atoms with van der Waals surface area (Å²) < 4.78 is 19.3. The molecule has 0 N–H and O–H groups in total. The Kier molecular flexibility index (Phi) is 6.64. The molecule has 0 bridgehead atoms. The molecule has 4 heteroatoms. The van der Waals surface area contributed by atoms with Gasteiger partial charge in [0.2, 0.25) is 0 Å². The van der Waals surface area contributed by atoms with Gasteiger partial charge in [0.05, 0.1) is 12.7 Å². The predicted octanol–water partition coefficient (Wildman–Crippen LogP) is 5.13. The van der Waals surface area contributed by atoms with Crippen LogP contribution in [0.5, 0.6) is 0 Å². The van der Waals surface area contributed by atoms with Crippen LogP contribution in [0.1, 0.15) is 54.9 Å². The van der Waals surface area contributed by atoms with Gasteiger partial charge in [-0.15, -0.1) is 0 Å². The molecule has 0 amide bonds. The molecular formula is C26H38O3Si. The smallest absolute Gasteiger partial charge is 0.261 e. The summed E-state index contributed by atoms with van der Waals surface area (Å²) in [6.45, 7) is 16.8. The Hall–Kier alpha value is -1.46. The van der Waals surface area contributed by atoms with Gasteiger partial charge >= 0.3 is 0 Å². The van der Waals surface area contributed by atoms with Gasteiger partial charge in [-0.25, -0.2) is 0 Å². The molecule has 1 heterocycles. The highest BCUT2D eigenvalue weighted by molar-refractivity contribution is 6.99. The van der Waals surface area contributed by atoms with Gasteiger partial charge in [0.1, 0.15) is 0 Å². The van der Waals surface area contributed by atoms with E-state index in [2.05, 4.69) is 95.3 Å². The molecule has 0 unspecified atom stereocenters. The molecule has 0 aromatic heterocycles. The van der Waals surface area contributed by atoms with Crippen molar-refractivity contribution >= 4 is 18.7 Å². The second-order valence-electron chi connectivity index (χ2n) is 10.6. The first kappa shape index (κ1) is 23.2. The zero-order valence-electron chi connectivity index (χ0n) is 19.7. The van der Waals surface area contributed by atoms with Crippen molar-refractivity contribution in [3.63, 3.8) is 0 Å². The number of hydrogen-bond acceptors (Lipinski definition) is 3. The van der Waals surface area contributed by atoms with Crippen molar-refractivity contribution in [2.24, 2.45) is 5.41 Å². The number of rotatable bonds is 6. The van der Waals surface area contributed by atoms with Crippen LogP contribution in [0.15, 0.2) is 60.7 Å². The molecule has 1 atom stereocenters. The average molecular weight is 427 g/mol. The minimum atomic E-state index is -2.55. The number of ether oxygens (including phenoxy) is 2. The van der Waals surface area contributed by atoms with Gasteiger partial charge in [-0.1, -0.05) is 95.3 Å². The van der Waals surface area contributed by atoms with E-state index in [-0.39, 0.29) is 16.6 Å². The van der Waals surface area contributed by atoms with E-state index in [1.54, 1.807) is 0 Å². The maximum atomic E-state index is 7.17. The second-order valence-corrected chi connectivity index (χ2v) is 14.9. The third kappa shape index (κ3) is 4.72. The van der Waals surface area contributed by atoms with Crippen molar-refractivity contribution < 1.29 is 13.9 Å². The SMILES string of the molecule is CC1(C)OCC[C@@H](C(C)(C)CO[Si](c2ccccc2)(c2ccccc2)C(C)(C)C)O1. The first-order valence-electron chi connectivity index (χ1n) is 11.0. The Morgan fingerprint density at radius 1 is 0.900 bits per heavy atom. The third-order valence-electron chi connectivity index (χ3n) is 6.20. The predicted molar refractivity (Wildman–Crippen MR) is 127 cm³/mol. The summed E-state index contributed by atoms with van der Waals surface area (Å²) in [5.74, 6) is -0.544. The molecule has 2 aromatic carbocycles. The molecule has 0 saturated carbocycles. The van der Waals surface area contributed by atoms with E-state index in [9.17, 15) is 0 Å². The van der Waals surface area contributed by atoms with Crippen LogP contribution >= 0.6 is 0 Å². The zero-order valence-corrected chi connectivity index (χ0v) is 20.7. The van der Waals surface area contributed by atoms with Crippen LogP contribution < -0.4 is 10.4 Å². The summed E-state index contributed by atoms with van der Waals surface area (Å²) in [4.78, 5) is 0. The van der Waals surface area contributed by atoms with E-state index in [1.165, 1.54) is 10.4 Å². The minimum absolute atomic E-state index is 0.0262. The van der Waals surface area contributed by atoms with E-state index in [4.69, 9.17) is 13.9 Å².